The Hall–Kier alpha value is -2.29. The van der Waals surface area contributed by atoms with Gasteiger partial charge in [0.25, 0.3) is 0 Å². The number of hydrogen-bond acceptors (Lipinski definition) is 4. The monoisotopic (exact) mass is 334 g/mol. The molecule has 0 bridgehead atoms. The smallest absolute Gasteiger partial charge is 0.452 e. The van der Waals surface area contributed by atoms with Crippen LogP contribution in [-0.2, 0) is 10.1 Å². The second-order valence-corrected chi connectivity index (χ2v) is 5.90. The topological polar surface area (TPSA) is 56.5 Å². The molecule has 2 aromatic carbocycles. The third-order valence-corrected chi connectivity index (χ3v) is 3.87. The maximum absolute atomic E-state index is 13.2. The number of furan rings is 1. The molecule has 0 saturated heterocycles. The van der Waals surface area contributed by atoms with Gasteiger partial charge in [0.1, 0.15) is 11.4 Å². The average molecular weight is 334 g/mol. The van der Waals surface area contributed by atoms with Crippen molar-refractivity contribution in [3.05, 3.63) is 42.2 Å². The van der Waals surface area contributed by atoms with Crippen LogP contribution in [0.5, 0.6) is 5.75 Å². The SMILES string of the molecule is O=S(=O)(Oc1cccc2c1oc1cc(F)ccc12)C(F)(F)F. The molecule has 0 saturated carbocycles. The summed E-state index contributed by atoms with van der Waals surface area (Å²) < 4.78 is 81.8. The molecule has 9 heteroatoms. The largest absolute Gasteiger partial charge is 0.534 e. The highest BCUT2D eigenvalue weighted by Gasteiger charge is 2.48. The van der Waals surface area contributed by atoms with E-state index in [1.807, 2.05) is 0 Å². The molecule has 0 aliphatic rings. The van der Waals surface area contributed by atoms with Gasteiger partial charge in [-0.25, -0.2) is 4.39 Å². The first-order chi connectivity index (χ1) is 10.2. The van der Waals surface area contributed by atoms with Crippen molar-refractivity contribution < 1.29 is 34.6 Å². The first-order valence-electron chi connectivity index (χ1n) is 5.80. The highest BCUT2D eigenvalue weighted by Crippen LogP contribution is 2.37. The van der Waals surface area contributed by atoms with Gasteiger partial charge in [-0.15, -0.1) is 0 Å². The van der Waals surface area contributed by atoms with Gasteiger partial charge in [-0.1, -0.05) is 12.1 Å². The van der Waals surface area contributed by atoms with Crippen LogP contribution in [0.15, 0.2) is 40.8 Å². The van der Waals surface area contributed by atoms with E-state index in [2.05, 4.69) is 4.18 Å². The lowest BCUT2D eigenvalue weighted by atomic mass is 10.1. The number of para-hydroxylation sites is 1. The molecule has 0 radical (unpaired) electrons. The third kappa shape index (κ3) is 2.27. The zero-order chi connectivity index (χ0) is 16.1. The molecular formula is C13H6F4O4S. The van der Waals surface area contributed by atoms with Crippen LogP contribution in [0.3, 0.4) is 0 Å². The number of hydrogen-bond donors (Lipinski definition) is 0. The molecule has 0 aliphatic heterocycles. The van der Waals surface area contributed by atoms with E-state index >= 15 is 0 Å². The van der Waals surface area contributed by atoms with E-state index in [0.717, 1.165) is 18.2 Å². The highest BCUT2D eigenvalue weighted by molar-refractivity contribution is 7.88. The first-order valence-corrected chi connectivity index (χ1v) is 7.21. The highest BCUT2D eigenvalue weighted by atomic mass is 32.2. The van der Waals surface area contributed by atoms with E-state index in [-0.39, 0.29) is 11.2 Å². The summed E-state index contributed by atoms with van der Waals surface area (Å²) in [5.74, 6) is -1.22. The predicted octanol–water partition coefficient (Wildman–Crippen LogP) is 3.95. The van der Waals surface area contributed by atoms with E-state index in [0.29, 0.717) is 10.8 Å². The molecule has 0 fully saturated rings. The summed E-state index contributed by atoms with van der Waals surface area (Å²) in [4.78, 5) is 0. The Morgan fingerprint density at radius 3 is 2.45 bits per heavy atom. The molecule has 22 heavy (non-hydrogen) atoms. The standard InChI is InChI=1S/C13H6F4O4S/c14-7-4-5-8-9-2-1-3-10(12(9)20-11(8)6-7)21-22(18,19)13(15,16)17/h1-6H. The van der Waals surface area contributed by atoms with Crippen molar-refractivity contribution in [1.29, 1.82) is 0 Å². The fourth-order valence-corrected chi connectivity index (χ4v) is 2.44. The predicted molar refractivity (Wildman–Crippen MR) is 69.3 cm³/mol. The Bertz CT molecular complexity index is 973. The lowest BCUT2D eigenvalue weighted by molar-refractivity contribution is -0.0499. The van der Waals surface area contributed by atoms with Gasteiger partial charge < -0.3 is 8.60 Å². The van der Waals surface area contributed by atoms with Crippen LogP contribution in [0.1, 0.15) is 0 Å². The van der Waals surface area contributed by atoms with Gasteiger partial charge in [0.15, 0.2) is 11.3 Å². The Morgan fingerprint density at radius 2 is 1.77 bits per heavy atom. The van der Waals surface area contributed by atoms with E-state index < -0.39 is 27.2 Å². The number of halogens is 4. The summed E-state index contributed by atoms with van der Waals surface area (Å²) in [6.45, 7) is 0. The van der Waals surface area contributed by atoms with Gasteiger partial charge in [0.05, 0.1) is 0 Å². The molecule has 1 aromatic heterocycles. The lowest BCUT2D eigenvalue weighted by Gasteiger charge is -2.09. The minimum atomic E-state index is -5.82. The fraction of sp³-hybridized carbons (Fsp3) is 0.0769. The Kier molecular flexibility index (Phi) is 3.06. The lowest BCUT2D eigenvalue weighted by Crippen LogP contribution is -2.28. The van der Waals surface area contributed by atoms with Crippen molar-refractivity contribution in [2.24, 2.45) is 0 Å². The average Bonchev–Trinajstić information content (AvgIpc) is 2.75. The Morgan fingerprint density at radius 1 is 1.05 bits per heavy atom. The maximum atomic E-state index is 13.2. The van der Waals surface area contributed by atoms with Gasteiger partial charge in [0.2, 0.25) is 0 Å². The minimum Gasteiger partial charge on any atom is -0.452 e. The van der Waals surface area contributed by atoms with E-state index in [1.54, 1.807) is 0 Å². The first kappa shape index (κ1) is 14.6. The van der Waals surface area contributed by atoms with Crippen molar-refractivity contribution in [3.8, 4) is 5.75 Å². The molecule has 3 rings (SSSR count). The summed E-state index contributed by atoms with van der Waals surface area (Å²) in [7, 11) is -5.82. The fourth-order valence-electron chi connectivity index (χ4n) is 1.98. The Balaban J connectivity index is 2.22. The molecule has 3 aromatic rings. The molecule has 0 N–H and O–H groups in total. The maximum Gasteiger partial charge on any atom is 0.534 e. The summed E-state index contributed by atoms with van der Waals surface area (Å²) in [6.07, 6.45) is 0. The second-order valence-electron chi connectivity index (χ2n) is 4.36. The van der Waals surface area contributed by atoms with Crippen LogP contribution >= 0.6 is 0 Å². The van der Waals surface area contributed by atoms with Gasteiger partial charge in [-0.3, -0.25) is 0 Å². The zero-order valence-corrected chi connectivity index (χ0v) is 11.3. The van der Waals surface area contributed by atoms with Crippen molar-refractivity contribution in [3.63, 3.8) is 0 Å². The van der Waals surface area contributed by atoms with Crippen LogP contribution < -0.4 is 4.18 Å². The number of benzene rings is 2. The van der Waals surface area contributed by atoms with Crippen molar-refractivity contribution in [2.45, 2.75) is 5.51 Å². The number of alkyl halides is 3. The molecule has 0 amide bonds. The van der Waals surface area contributed by atoms with Crippen LogP contribution in [0.4, 0.5) is 17.6 Å². The molecule has 0 atom stereocenters. The Labute approximate surface area is 121 Å². The molecule has 0 unspecified atom stereocenters. The van der Waals surface area contributed by atoms with E-state index in [4.69, 9.17) is 4.42 Å². The van der Waals surface area contributed by atoms with Crippen molar-refractivity contribution in [1.82, 2.24) is 0 Å². The number of fused-ring (bicyclic) bond motifs is 3. The zero-order valence-electron chi connectivity index (χ0n) is 10.5. The van der Waals surface area contributed by atoms with Crippen LogP contribution in [0, 0.1) is 5.82 Å². The van der Waals surface area contributed by atoms with Crippen molar-refractivity contribution in [2.75, 3.05) is 0 Å². The minimum absolute atomic E-state index is 0.0652. The van der Waals surface area contributed by atoms with Crippen LogP contribution in [0.25, 0.3) is 21.9 Å². The van der Waals surface area contributed by atoms with E-state index in [9.17, 15) is 26.0 Å². The van der Waals surface area contributed by atoms with Gasteiger partial charge in [-0.05, 0) is 18.2 Å². The molecule has 0 aliphatic carbocycles. The molecule has 0 spiro atoms. The van der Waals surface area contributed by atoms with Crippen LogP contribution in [-0.4, -0.2) is 13.9 Å². The van der Waals surface area contributed by atoms with Crippen LogP contribution in [0.2, 0.25) is 0 Å². The summed E-state index contributed by atoms with van der Waals surface area (Å²) >= 11 is 0. The summed E-state index contributed by atoms with van der Waals surface area (Å²) in [6, 6.07) is 7.38. The number of rotatable bonds is 2. The van der Waals surface area contributed by atoms with E-state index in [1.165, 1.54) is 18.2 Å². The van der Waals surface area contributed by atoms with Gasteiger partial charge in [-0.2, -0.15) is 21.6 Å². The third-order valence-electron chi connectivity index (χ3n) is 2.91. The summed E-state index contributed by atoms with van der Waals surface area (Å²) in [5.41, 5.74) is -5.71. The van der Waals surface area contributed by atoms with Gasteiger partial charge >= 0.3 is 15.6 Å². The quantitative estimate of drug-likeness (QED) is 0.404. The second kappa shape index (κ2) is 4.60. The molecular weight excluding hydrogens is 328 g/mol. The molecule has 116 valence electrons. The normalized spacial score (nSPS) is 12.9. The summed E-state index contributed by atoms with van der Waals surface area (Å²) in [5, 5.41) is 0.733. The van der Waals surface area contributed by atoms with Crippen molar-refractivity contribution >= 4 is 32.1 Å². The van der Waals surface area contributed by atoms with Gasteiger partial charge in [0, 0.05) is 16.8 Å². The molecule has 4 nitrogen and oxygen atoms in total. The molecule has 1 heterocycles.